The van der Waals surface area contributed by atoms with Crippen LogP contribution in [0.5, 0.6) is 0 Å². The molecule has 0 saturated carbocycles. The Morgan fingerprint density at radius 3 is 2.27 bits per heavy atom. The molecular weight excluding hydrogens is 346 g/mol. The topological polar surface area (TPSA) is 55.4 Å². The van der Waals surface area contributed by atoms with Gasteiger partial charge in [0.1, 0.15) is 0 Å². The van der Waals surface area contributed by atoms with Crippen molar-refractivity contribution in [1.29, 1.82) is 0 Å². The molecule has 2 aromatic carbocycles. The van der Waals surface area contributed by atoms with E-state index in [9.17, 15) is 9.00 Å². The normalized spacial score (nSPS) is 13.8. The molecule has 0 heterocycles. The first-order chi connectivity index (χ1) is 12.2. The molecule has 0 aromatic heterocycles. The van der Waals surface area contributed by atoms with E-state index in [1.54, 1.807) is 12.1 Å². The lowest BCUT2D eigenvalue weighted by Gasteiger charge is -2.24. The number of rotatable bonds is 7. The highest BCUT2D eigenvalue weighted by Crippen LogP contribution is 2.16. The summed E-state index contributed by atoms with van der Waals surface area (Å²) in [4.78, 5) is 13.2. The summed E-state index contributed by atoms with van der Waals surface area (Å²) in [5.74, 6) is -0.242. The van der Waals surface area contributed by atoms with E-state index in [1.165, 1.54) is 0 Å². The number of hydrogen-bond acceptors (Lipinski definition) is 3. The third kappa shape index (κ3) is 6.73. The molecule has 0 aliphatic carbocycles. The largest absolute Gasteiger partial charge is 0.349 e. The molecule has 0 aliphatic heterocycles. The van der Waals surface area contributed by atoms with Gasteiger partial charge in [0.15, 0.2) is 17.2 Å². The van der Waals surface area contributed by atoms with Gasteiger partial charge in [-0.05, 0) is 58.2 Å². The predicted octanol–water partition coefficient (Wildman–Crippen LogP) is 3.95. The highest BCUT2D eigenvalue weighted by Gasteiger charge is 2.26. The maximum Gasteiger partial charge on any atom is 0.251 e. The van der Waals surface area contributed by atoms with Crippen LogP contribution < -0.4 is 5.32 Å². The monoisotopic (exact) mass is 373 g/mol. The van der Waals surface area contributed by atoms with Gasteiger partial charge in [-0.1, -0.05) is 48.0 Å². The van der Waals surface area contributed by atoms with Crippen LogP contribution in [0.15, 0.2) is 59.5 Å². The Balaban J connectivity index is 2.09. The smallest absolute Gasteiger partial charge is 0.251 e. The van der Waals surface area contributed by atoms with Crippen molar-refractivity contribution in [2.24, 2.45) is 0 Å². The average molecular weight is 374 g/mol. The van der Waals surface area contributed by atoms with E-state index in [-0.39, 0.29) is 11.4 Å². The van der Waals surface area contributed by atoms with Gasteiger partial charge in [-0.15, -0.1) is 0 Å². The van der Waals surface area contributed by atoms with Crippen molar-refractivity contribution in [3.63, 3.8) is 0 Å². The lowest BCUT2D eigenvalue weighted by molar-refractivity contribution is -0.129. The molecule has 1 N–H and O–H groups in total. The molecule has 5 heteroatoms. The molecule has 0 radical (unpaired) electrons. The minimum Gasteiger partial charge on any atom is -0.349 e. The summed E-state index contributed by atoms with van der Waals surface area (Å²) in [6.07, 6.45) is 0.356. The van der Waals surface area contributed by atoms with Crippen LogP contribution in [0.25, 0.3) is 0 Å². The van der Waals surface area contributed by atoms with Crippen LogP contribution in [-0.2, 0) is 26.5 Å². The Morgan fingerprint density at radius 1 is 1.08 bits per heavy atom. The van der Waals surface area contributed by atoms with Crippen molar-refractivity contribution in [2.75, 3.05) is 0 Å². The Labute approximate surface area is 158 Å². The molecule has 0 saturated heterocycles. The van der Waals surface area contributed by atoms with E-state index in [0.717, 1.165) is 11.1 Å². The van der Waals surface area contributed by atoms with Crippen LogP contribution in [0.2, 0.25) is 0 Å². The van der Waals surface area contributed by atoms with Crippen LogP contribution in [-0.4, -0.2) is 21.8 Å². The van der Waals surface area contributed by atoms with E-state index >= 15 is 0 Å². The molecule has 2 rings (SSSR count). The zero-order valence-electron chi connectivity index (χ0n) is 15.8. The number of amides is 1. The second kappa shape index (κ2) is 9.10. The molecule has 2 aromatic rings. The van der Waals surface area contributed by atoms with Gasteiger partial charge in [-0.3, -0.25) is 8.98 Å². The molecule has 26 heavy (non-hydrogen) atoms. The van der Waals surface area contributed by atoms with Gasteiger partial charge < -0.3 is 5.32 Å². The third-order valence-corrected chi connectivity index (χ3v) is 4.81. The number of aryl methyl sites for hydroxylation is 2. The summed E-state index contributed by atoms with van der Waals surface area (Å²) in [5.41, 5.74) is 1.82. The van der Waals surface area contributed by atoms with Crippen molar-refractivity contribution in [3.8, 4) is 0 Å². The van der Waals surface area contributed by atoms with Crippen molar-refractivity contribution >= 4 is 17.0 Å². The Kier molecular flexibility index (Phi) is 7.12. The van der Waals surface area contributed by atoms with Gasteiger partial charge in [-0.25, -0.2) is 4.21 Å². The number of nitrogens with one attached hydrogen (secondary N) is 1. The zero-order chi connectivity index (χ0) is 19.2. The standard InChI is InChI=1S/C21H27NO3S/c1-16-10-13-18(14-11-16)26(24)25-19(20(23)22-21(2,3)4)15-12-17-8-6-5-7-9-17/h5-11,13-14,19H,12,15H2,1-4H3,(H,22,23). The number of carbonyl (C=O) groups is 1. The molecule has 0 bridgehead atoms. The first-order valence-electron chi connectivity index (χ1n) is 8.76. The summed E-state index contributed by atoms with van der Waals surface area (Å²) in [6.45, 7) is 7.70. The van der Waals surface area contributed by atoms with Gasteiger partial charge in [0.2, 0.25) is 0 Å². The molecule has 0 fully saturated rings. The van der Waals surface area contributed by atoms with Gasteiger partial charge in [0, 0.05) is 5.54 Å². The number of hydrogen-bond donors (Lipinski definition) is 1. The molecule has 4 nitrogen and oxygen atoms in total. The number of benzene rings is 2. The van der Waals surface area contributed by atoms with E-state index in [0.29, 0.717) is 17.7 Å². The highest BCUT2D eigenvalue weighted by molar-refractivity contribution is 7.80. The first kappa shape index (κ1) is 20.3. The fourth-order valence-electron chi connectivity index (χ4n) is 2.43. The fourth-order valence-corrected chi connectivity index (χ4v) is 3.29. The van der Waals surface area contributed by atoms with E-state index in [1.807, 2.05) is 70.2 Å². The molecule has 140 valence electrons. The molecule has 0 aliphatic rings. The maximum absolute atomic E-state index is 12.6. The Hall–Kier alpha value is -1.98. The molecule has 0 spiro atoms. The molecule has 2 unspecified atom stereocenters. The van der Waals surface area contributed by atoms with Gasteiger partial charge >= 0.3 is 0 Å². The van der Waals surface area contributed by atoms with Crippen LogP contribution in [0.4, 0.5) is 0 Å². The molecule has 2 atom stereocenters. The van der Waals surface area contributed by atoms with E-state index in [2.05, 4.69) is 5.32 Å². The third-order valence-electron chi connectivity index (χ3n) is 3.75. The number of carbonyl (C=O) groups excluding carboxylic acids is 1. The van der Waals surface area contributed by atoms with Gasteiger partial charge in [0.05, 0.1) is 4.90 Å². The first-order valence-corrected chi connectivity index (χ1v) is 9.83. The molecular formula is C21H27NO3S. The summed E-state index contributed by atoms with van der Waals surface area (Å²) in [7, 11) is 0. The summed E-state index contributed by atoms with van der Waals surface area (Å²) in [6, 6.07) is 17.2. The Bertz CT molecular complexity index is 736. The minimum atomic E-state index is -1.69. The molecule has 1 amide bonds. The van der Waals surface area contributed by atoms with E-state index in [4.69, 9.17) is 4.18 Å². The van der Waals surface area contributed by atoms with Crippen molar-refractivity contribution in [2.45, 2.75) is 57.1 Å². The van der Waals surface area contributed by atoms with Crippen LogP contribution >= 0.6 is 0 Å². The van der Waals surface area contributed by atoms with Crippen LogP contribution in [0.3, 0.4) is 0 Å². The summed E-state index contributed by atoms with van der Waals surface area (Å²) < 4.78 is 18.2. The lowest BCUT2D eigenvalue weighted by atomic mass is 10.0. The maximum atomic E-state index is 12.6. The van der Waals surface area contributed by atoms with E-state index < -0.39 is 17.2 Å². The van der Waals surface area contributed by atoms with Crippen molar-refractivity contribution < 1.29 is 13.2 Å². The van der Waals surface area contributed by atoms with Crippen LogP contribution in [0, 0.1) is 6.92 Å². The van der Waals surface area contributed by atoms with Crippen LogP contribution in [0.1, 0.15) is 38.3 Å². The quantitative estimate of drug-likeness (QED) is 0.799. The second-order valence-electron chi connectivity index (χ2n) is 7.40. The fraction of sp³-hybridized carbons (Fsp3) is 0.381. The average Bonchev–Trinajstić information content (AvgIpc) is 2.58. The zero-order valence-corrected chi connectivity index (χ0v) is 16.6. The van der Waals surface area contributed by atoms with Gasteiger partial charge in [-0.2, -0.15) is 0 Å². The summed E-state index contributed by atoms with van der Waals surface area (Å²) >= 11 is -1.69. The SMILES string of the molecule is Cc1ccc(S(=O)OC(CCc2ccccc2)C(=O)NC(C)(C)C)cc1. The minimum absolute atomic E-state index is 0.242. The second-order valence-corrected chi connectivity index (χ2v) is 8.53. The lowest BCUT2D eigenvalue weighted by Crippen LogP contribution is -2.47. The summed E-state index contributed by atoms with van der Waals surface area (Å²) in [5, 5.41) is 2.92. The Morgan fingerprint density at radius 2 is 1.69 bits per heavy atom. The predicted molar refractivity (Wildman–Crippen MR) is 105 cm³/mol. The highest BCUT2D eigenvalue weighted by atomic mass is 32.2. The van der Waals surface area contributed by atoms with Crippen molar-refractivity contribution in [3.05, 3.63) is 65.7 Å². The van der Waals surface area contributed by atoms with Crippen molar-refractivity contribution in [1.82, 2.24) is 5.32 Å². The van der Waals surface area contributed by atoms with Gasteiger partial charge in [0.25, 0.3) is 5.91 Å².